The maximum absolute atomic E-state index is 10.8. The average molecular weight is 146 g/mol. The number of amides is 2. The summed E-state index contributed by atoms with van der Waals surface area (Å²) >= 11 is 0. The van der Waals surface area contributed by atoms with Gasteiger partial charge < -0.3 is 15.3 Å². The molecule has 0 saturated heterocycles. The molecule has 1 unspecified atom stereocenters. The predicted octanol–water partition coefficient (Wildman–Crippen LogP) is -0.362. The quantitative estimate of drug-likeness (QED) is 0.559. The van der Waals surface area contributed by atoms with E-state index in [0.717, 1.165) is 0 Å². The normalized spacial score (nSPS) is 12.4. The maximum atomic E-state index is 10.8. The van der Waals surface area contributed by atoms with Gasteiger partial charge in [-0.05, 0) is 6.92 Å². The Morgan fingerprint density at radius 2 is 2.20 bits per heavy atom. The molecule has 0 aromatic rings. The van der Waals surface area contributed by atoms with E-state index in [1.54, 1.807) is 21.0 Å². The van der Waals surface area contributed by atoms with Crippen LogP contribution in [0.3, 0.4) is 0 Å². The largest absolute Gasteiger partial charge is 0.394 e. The van der Waals surface area contributed by atoms with Gasteiger partial charge in [-0.2, -0.15) is 0 Å². The fourth-order valence-corrected chi connectivity index (χ4v) is 0.386. The van der Waals surface area contributed by atoms with Crippen molar-refractivity contribution in [1.82, 2.24) is 10.2 Å². The Labute approximate surface area is 60.8 Å². The minimum absolute atomic E-state index is 0.0282. The van der Waals surface area contributed by atoms with Crippen LogP contribution < -0.4 is 5.32 Å². The molecule has 0 aliphatic carbocycles. The molecule has 0 aromatic heterocycles. The van der Waals surface area contributed by atoms with Gasteiger partial charge in [0.25, 0.3) is 0 Å². The summed E-state index contributed by atoms with van der Waals surface area (Å²) in [5, 5.41) is 11.1. The van der Waals surface area contributed by atoms with Gasteiger partial charge in [0, 0.05) is 14.1 Å². The van der Waals surface area contributed by atoms with Crippen molar-refractivity contribution in [2.24, 2.45) is 0 Å². The predicted molar refractivity (Wildman–Crippen MR) is 38.8 cm³/mol. The van der Waals surface area contributed by atoms with Crippen LogP contribution in [-0.2, 0) is 0 Å². The highest BCUT2D eigenvalue weighted by atomic mass is 16.3. The number of rotatable bonds is 2. The maximum Gasteiger partial charge on any atom is 0.317 e. The highest BCUT2D eigenvalue weighted by Gasteiger charge is 2.05. The van der Waals surface area contributed by atoms with E-state index in [1.807, 2.05) is 0 Å². The molecule has 2 amide bonds. The van der Waals surface area contributed by atoms with Gasteiger partial charge in [0.1, 0.15) is 0 Å². The molecule has 0 aliphatic heterocycles. The summed E-state index contributed by atoms with van der Waals surface area (Å²) in [5.74, 6) is 0. The summed E-state index contributed by atoms with van der Waals surface area (Å²) in [6, 6.07) is -0.351. The van der Waals surface area contributed by atoms with Gasteiger partial charge >= 0.3 is 6.03 Å². The lowest BCUT2D eigenvalue weighted by molar-refractivity contribution is 0.201. The standard InChI is InChI=1S/C6H14N2O2/c1-5(4-9)7-6(10)8(2)3/h5,9H,4H2,1-3H3,(H,7,10). The molecule has 0 radical (unpaired) electrons. The Morgan fingerprint density at radius 3 is 2.50 bits per heavy atom. The molecule has 4 nitrogen and oxygen atoms in total. The third kappa shape index (κ3) is 3.29. The monoisotopic (exact) mass is 146 g/mol. The molecular formula is C6H14N2O2. The van der Waals surface area contributed by atoms with Gasteiger partial charge in [0.05, 0.1) is 12.6 Å². The SMILES string of the molecule is CC(CO)NC(=O)N(C)C. The Kier molecular flexibility index (Phi) is 3.79. The Hall–Kier alpha value is -0.770. The number of carbonyl (C=O) groups excluding carboxylic acids is 1. The number of carbonyl (C=O) groups is 1. The number of urea groups is 1. The Balaban J connectivity index is 3.57. The summed E-state index contributed by atoms with van der Waals surface area (Å²) in [6.45, 7) is 1.71. The van der Waals surface area contributed by atoms with Gasteiger partial charge in [0.15, 0.2) is 0 Å². The molecule has 0 heterocycles. The molecule has 4 heteroatoms. The molecular weight excluding hydrogens is 132 g/mol. The van der Waals surface area contributed by atoms with Crippen molar-refractivity contribution < 1.29 is 9.90 Å². The Morgan fingerprint density at radius 1 is 1.70 bits per heavy atom. The van der Waals surface area contributed by atoms with Crippen molar-refractivity contribution in [3.05, 3.63) is 0 Å². The zero-order valence-electron chi connectivity index (χ0n) is 6.59. The van der Waals surface area contributed by atoms with Gasteiger partial charge in [-0.25, -0.2) is 4.79 Å². The first-order chi connectivity index (χ1) is 4.57. The average Bonchev–Trinajstić information content (AvgIpc) is 1.87. The summed E-state index contributed by atoms with van der Waals surface area (Å²) < 4.78 is 0. The van der Waals surface area contributed by atoms with Crippen molar-refractivity contribution in [1.29, 1.82) is 0 Å². The number of aliphatic hydroxyl groups is 1. The van der Waals surface area contributed by atoms with Crippen LogP contribution in [0.25, 0.3) is 0 Å². The molecule has 10 heavy (non-hydrogen) atoms. The van der Waals surface area contributed by atoms with Crippen LogP contribution in [0.2, 0.25) is 0 Å². The van der Waals surface area contributed by atoms with Crippen LogP contribution in [-0.4, -0.2) is 42.8 Å². The lowest BCUT2D eigenvalue weighted by Crippen LogP contribution is -2.41. The van der Waals surface area contributed by atoms with E-state index in [9.17, 15) is 4.79 Å². The van der Waals surface area contributed by atoms with Gasteiger partial charge in [-0.3, -0.25) is 0 Å². The number of hydrogen-bond donors (Lipinski definition) is 2. The van der Waals surface area contributed by atoms with Crippen molar-refractivity contribution >= 4 is 6.03 Å². The summed E-state index contributed by atoms with van der Waals surface area (Å²) in [7, 11) is 3.30. The van der Waals surface area contributed by atoms with Crippen LogP contribution in [0.15, 0.2) is 0 Å². The summed E-state index contributed by atoms with van der Waals surface area (Å²) in [6.07, 6.45) is 0. The third-order valence-electron chi connectivity index (χ3n) is 1.05. The lowest BCUT2D eigenvalue weighted by Gasteiger charge is -2.15. The summed E-state index contributed by atoms with van der Waals surface area (Å²) in [4.78, 5) is 12.2. The molecule has 1 atom stereocenters. The first-order valence-electron chi connectivity index (χ1n) is 3.16. The topological polar surface area (TPSA) is 52.6 Å². The van der Waals surface area contributed by atoms with Crippen molar-refractivity contribution in [2.75, 3.05) is 20.7 Å². The Bertz CT molecular complexity index is 114. The lowest BCUT2D eigenvalue weighted by atomic mass is 10.4. The fraction of sp³-hybridized carbons (Fsp3) is 0.833. The van der Waals surface area contributed by atoms with E-state index in [4.69, 9.17) is 5.11 Å². The van der Waals surface area contributed by atoms with Gasteiger partial charge in [-0.15, -0.1) is 0 Å². The van der Waals surface area contributed by atoms with Crippen LogP contribution in [0.5, 0.6) is 0 Å². The molecule has 60 valence electrons. The van der Waals surface area contributed by atoms with Gasteiger partial charge in [-0.1, -0.05) is 0 Å². The minimum Gasteiger partial charge on any atom is -0.394 e. The summed E-state index contributed by atoms with van der Waals surface area (Å²) in [5.41, 5.74) is 0. The van der Waals surface area contributed by atoms with Crippen molar-refractivity contribution in [2.45, 2.75) is 13.0 Å². The van der Waals surface area contributed by atoms with E-state index in [1.165, 1.54) is 4.90 Å². The number of nitrogens with one attached hydrogen (secondary N) is 1. The van der Waals surface area contributed by atoms with E-state index in [2.05, 4.69) is 5.32 Å². The van der Waals surface area contributed by atoms with Crippen LogP contribution in [0.1, 0.15) is 6.92 Å². The first-order valence-corrected chi connectivity index (χ1v) is 3.16. The van der Waals surface area contributed by atoms with E-state index in [0.29, 0.717) is 0 Å². The van der Waals surface area contributed by atoms with Crippen molar-refractivity contribution in [3.63, 3.8) is 0 Å². The number of hydrogen-bond acceptors (Lipinski definition) is 2. The van der Waals surface area contributed by atoms with Crippen LogP contribution in [0.4, 0.5) is 4.79 Å². The molecule has 0 aromatic carbocycles. The fourth-order valence-electron chi connectivity index (χ4n) is 0.386. The second-order valence-corrected chi connectivity index (χ2v) is 2.43. The minimum atomic E-state index is -0.179. The third-order valence-corrected chi connectivity index (χ3v) is 1.05. The molecule has 0 aliphatic rings. The van der Waals surface area contributed by atoms with E-state index < -0.39 is 0 Å². The van der Waals surface area contributed by atoms with Crippen LogP contribution in [0, 0.1) is 0 Å². The second-order valence-electron chi connectivity index (χ2n) is 2.43. The molecule has 0 rings (SSSR count). The molecule has 0 saturated carbocycles. The van der Waals surface area contributed by atoms with E-state index in [-0.39, 0.29) is 18.7 Å². The van der Waals surface area contributed by atoms with Crippen LogP contribution >= 0.6 is 0 Å². The highest BCUT2D eigenvalue weighted by molar-refractivity contribution is 5.73. The first kappa shape index (κ1) is 9.23. The molecule has 0 fully saturated rings. The molecule has 0 spiro atoms. The zero-order chi connectivity index (χ0) is 8.15. The number of aliphatic hydroxyl groups excluding tert-OH is 1. The zero-order valence-corrected chi connectivity index (χ0v) is 6.59. The molecule has 0 bridgehead atoms. The number of nitrogens with zero attached hydrogens (tertiary/aromatic N) is 1. The molecule has 2 N–H and O–H groups in total. The van der Waals surface area contributed by atoms with E-state index >= 15 is 0 Å². The smallest absolute Gasteiger partial charge is 0.317 e. The highest BCUT2D eigenvalue weighted by Crippen LogP contribution is 1.81. The van der Waals surface area contributed by atoms with Gasteiger partial charge in [0.2, 0.25) is 0 Å². The second kappa shape index (κ2) is 4.11. The van der Waals surface area contributed by atoms with Crippen molar-refractivity contribution in [3.8, 4) is 0 Å².